The molecule has 2 atom stereocenters. The molecule has 0 spiro atoms. The van der Waals surface area contributed by atoms with Crippen molar-refractivity contribution in [3.8, 4) is 17.2 Å². The summed E-state index contributed by atoms with van der Waals surface area (Å²) in [5.74, 6) is 0.480. The number of hydrogen-bond acceptors (Lipinski definition) is 7. The molecule has 8 nitrogen and oxygen atoms in total. The molecular weight excluding hydrogens is 520 g/mol. The number of rotatable bonds is 14. The van der Waals surface area contributed by atoms with Gasteiger partial charge in [-0.3, -0.25) is 9.59 Å². The van der Waals surface area contributed by atoms with Gasteiger partial charge in [0, 0.05) is 25.1 Å². The molecule has 0 aromatic heterocycles. The fraction of sp³-hybridized carbons (Fsp3) is 0.515. The van der Waals surface area contributed by atoms with Gasteiger partial charge >= 0.3 is 0 Å². The van der Waals surface area contributed by atoms with Crippen LogP contribution >= 0.6 is 0 Å². The first-order chi connectivity index (χ1) is 19.8. The van der Waals surface area contributed by atoms with Crippen LogP contribution in [0.2, 0.25) is 0 Å². The van der Waals surface area contributed by atoms with E-state index in [0.29, 0.717) is 48.9 Å². The van der Waals surface area contributed by atoms with E-state index in [1.54, 1.807) is 11.0 Å². The van der Waals surface area contributed by atoms with Crippen LogP contribution in [0.5, 0.6) is 17.2 Å². The lowest BCUT2D eigenvalue weighted by Crippen LogP contribution is -2.38. The number of amides is 1. The van der Waals surface area contributed by atoms with Gasteiger partial charge in [-0.05, 0) is 74.8 Å². The quantitative estimate of drug-likeness (QED) is 0.135. The third-order valence-corrected chi connectivity index (χ3v) is 7.85. The molecule has 222 valence electrons. The highest BCUT2D eigenvalue weighted by atomic mass is 16.5. The minimum absolute atomic E-state index is 0.0488. The van der Waals surface area contributed by atoms with Gasteiger partial charge in [0.2, 0.25) is 0 Å². The number of aliphatic hydroxyl groups excluding tert-OH is 1. The topological polar surface area (TPSA) is 88.5 Å². The predicted octanol–water partition coefficient (Wildman–Crippen LogP) is 5.74. The molecule has 0 unspecified atom stereocenters. The number of ether oxygens (including phenoxy) is 3. The highest BCUT2D eigenvalue weighted by Crippen LogP contribution is 2.43. The number of benzene rings is 2. The van der Waals surface area contributed by atoms with Gasteiger partial charge in [0.1, 0.15) is 17.6 Å². The van der Waals surface area contributed by atoms with Gasteiger partial charge in [-0.25, -0.2) is 0 Å². The van der Waals surface area contributed by atoms with Crippen molar-refractivity contribution in [3.05, 3.63) is 58.7 Å². The van der Waals surface area contributed by atoms with Crippen molar-refractivity contribution in [2.45, 2.75) is 72.4 Å². The Bertz CT molecular complexity index is 1270. The number of aliphatic hydroxyl groups is 1. The summed E-state index contributed by atoms with van der Waals surface area (Å²) in [5.41, 5.74) is 2.24. The normalized spacial score (nSPS) is 19.5. The summed E-state index contributed by atoms with van der Waals surface area (Å²) in [4.78, 5) is 30.8. The SMILES string of the molecule is CCCCCOc1ccc([C@H]2C(=C(O)c3ccc4c(c3)C[C@H](C)O4)C(=O)C(=O)N2CCN(CC)CC)cc1OCC. The number of likely N-dealkylation sites (tertiary alicyclic amines) is 1. The number of carbonyl (C=O) groups excluding carboxylic acids is 2. The van der Waals surface area contributed by atoms with Crippen LogP contribution in [0, 0.1) is 0 Å². The first-order valence-corrected chi connectivity index (χ1v) is 15.0. The van der Waals surface area contributed by atoms with Crippen molar-refractivity contribution in [1.82, 2.24) is 9.80 Å². The van der Waals surface area contributed by atoms with Gasteiger partial charge in [-0.1, -0.05) is 39.7 Å². The Morgan fingerprint density at radius 1 is 1.02 bits per heavy atom. The second kappa shape index (κ2) is 13.9. The molecule has 2 aliphatic heterocycles. The van der Waals surface area contributed by atoms with Gasteiger partial charge in [-0.2, -0.15) is 0 Å². The largest absolute Gasteiger partial charge is 0.507 e. The Hall–Kier alpha value is -3.52. The van der Waals surface area contributed by atoms with Crippen LogP contribution in [0.4, 0.5) is 0 Å². The van der Waals surface area contributed by atoms with E-state index in [1.807, 2.05) is 44.2 Å². The predicted molar refractivity (Wildman–Crippen MR) is 160 cm³/mol. The van der Waals surface area contributed by atoms with Crippen molar-refractivity contribution in [2.24, 2.45) is 0 Å². The second-order valence-corrected chi connectivity index (χ2v) is 10.7. The number of hydrogen-bond donors (Lipinski definition) is 1. The van der Waals surface area contributed by atoms with Gasteiger partial charge in [0.25, 0.3) is 11.7 Å². The fourth-order valence-corrected chi connectivity index (χ4v) is 5.59. The zero-order chi connectivity index (χ0) is 29.5. The van der Waals surface area contributed by atoms with Gasteiger partial charge in [0.05, 0.1) is 24.8 Å². The number of carbonyl (C=O) groups is 2. The average Bonchev–Trinajstić information content (AvgIpc) is 3.47. The smallest absolute Gasteiger partial charge is 0.295 e. The molecule has 1 amide bonds. The van der Waals surface area contributed by atoms with E-state index >= 15 is 0 Å². The number of ketones is 1. The monoisotopic (exact) mass is 564 g/mol. The molecule has 0 radical (unpaired) electrons. The molecule has 0 saturated carbocycles. The zero-order valence-electron chi connectivity index (χ0n) is 25.1. The van der Waals surface area contributed by atoms with Crippen molar-refractivity contribution in [1.29, 1.82) is 0 Å². The Morgan fingerprint density at radius 3 is 2.51 bits per heavy atom. The first kappa shape index (κ1) is 30.4. The Kier molecular flexibility index (Phi) is 10.3. The summed E-state index contributed by atoms with van der Waals surface area (Å²) in [5, 5.41) is 11.6. The number of Topliss-reactive ketones (excluding diaryl/α,β-unsaturated/α-hetero) is 1. The Morgan fingerprint density at radius 2 is 1.80 bits per heavy atom. The van der Waals surface area contributed by atoms with Gasteiger partial charge < -0.3 is 29.1 Å². The van der Waals surface area contributed by atoms with E-state index < -0.39 is 17.7 Å². The average molecular weight is 565 g/mol. The number of unbranched alkanes of at least 4 members (excludes halogenated alkanes) is 2. The maximum absolute atomic E-state index is 13.6. The van der Waals surface area contributed by atoms with E-state index in [1.165, 1.54) is 0 Å². The molecule has 4 rings (SSSR count). The maximum Gasteiger partial charge on any atom is 0.295 e. The number of fused-ring (bicyclic) bond motifs is 1. The molecule has 1 fully saturated rings. The van der Waals surface area contributed by atoms with E-state index in [4.69, 9.17) is 14.2 Å². The molecule has 2 aromatic rings. The van der Waals surface area contributed by atoms with E-state index in [9.17, 15) is 14.7 Å². The maximum atomic E-state index is 13.6. The van der Waals surface area contributed by atoms with Crippen LogP contribution in [0.25, 0.3) is 5.76 Å². The molecule has 0 bridgehead atoms. The van der Waals surface area contributed by atoms with Crippen LogP contribution in [-0.4, -0.2) is 72.1 Å². The summed E-state index contributed by atoms with van der Waals surface area (Å²) < 4.78 is 17.8. The Balaban J connectivity index is 1.77. The van der Waals surface area contributed by atoms with Crippen molar-refractivity contribution in [3.63, 3.8) is 0 Å². The van der Waals surface area contributed by atoms with Crippen LogP contribution in [0.1, 0.15) is 76.6 Å². The molecule has 8 heteroatoms. The molecule has 2 aromatic carbocycles. The highest BCUT2D eigenvalue weighted by molar-refractivity contribution is 6.46. The molecule has 2 heterocycles. The lowest BCUT2D eigenvalue weighted by molar-refractivity contribution is -0.140. The Labute approximate surface area is 243 Å². The number of nitrogens with zero attached hydrogens (tertiary/aromatic N) is 2. The summed E-state index contributed by atoms with van der Waals surface area (Å²) in [6, 6.07) is 10.2. The molecule has 2 aliphatic rings. The van der Waals surface area contributed by atoms with Crippen LogP contribution < -0.4 is 14.2 Å². The highest BCUT2D eigenvalue weighted by Gasteiger charge is 2.46. The van der Waals surface area contributed by atoms with Crippen molar-refractivity contribution in [2.75, 3.05) is 39.4 Å². The summed E-state index contributed by atoms with van der Waals surface area (Å²) in [6.45, 7) is 13.8. The van der Waals surface area contributed by atoms with Crippen molar-refractivity contribution >= 4 is 17.4 Å². The van der Waals surface area contributed by atoms with Crippen LogP contribution in [0.15, 0.2) is 42.0 Å². The first-order valence-electron chi connectivity index (χ1n) is 15.0. The van der Waals surface area contributed by atoms with Crippen molar-refractivity contribution < 1.29 is 28.9 Å². The molecule has 1 saturated heterocycles. The van der Waals surface area contributed by atoms with E-state index in [2.05, 4.69) is 25.7 Å². The van der Waals surface area contributed by atoms with E-state index in [-0.39, 0.29) is 17.4 Å². The third-order valence-electron chi connectivity index (χ3n) is 7.85. The molecular formula is C33H44N2O6. The third kappa shape index (κ3) is 6.70. The zero-order valence-corrected chi connectivity index (χ0v) is 25.1. The summed E-state index contributed by atoms with van der Waals surface area (Å²) in [7, 11) is 0. The fourth-order valence-electron chi connectivity index (χ4n) is 5.59. The lowest BCUT2D eigenvalue weighted by Gasteiger charge is -2.28. The van der Waals surface area contributed by atoms with Gasteiger partial charge in [0.15, 0.2) is 11.5 Å². The summed E-state index contributed by atoms with van der Waals surface area (Å²) >= 11 is 0. The second-order valence-electron chi connectivity index (χ2n) is 10.7. The van der Waals surface area contributed by atoms with Gasteiger partial charge in [-0.15, -0.1) is 0 Å². The van der Waals surface area contributed by atoms with Crippen LogP contribution in [0.3, 0.4) is 0 Å². The lowest BCUT2D eigenvalue weighted by atomic mass is 9.94. The standard InChI is InChI=1S/C33H44N2O6/c1-6-10-11-18-40-27-15-12-23(21-28(27)39-9-4)30-29(32(37)33(38)35(30)17-16-34(7-2)8-3)31(36)24-13-14-26-25(20-24)19-22(5)41-26/h12-15,20-22,30,36H,6-11,16-19H2,1-5H3/t22-,30-/m0/s1. The van der Waals surface area contributed by atoms with E-state index in [0.717, 1.165) is 50.1 Å². The minimum atomic E-state index is -0.762. The molecule has 1 N–H and O–H groups in total. The van der Waals surface area contributed by atoms with Crippen LogP contribution in [-0.2, 0) is 16.0 Å². The molecule has 41 heavy (non-hydrogen) atoms. The molecule has 0 aliphatic carbocycles. The minimum Gasteiger partial charge on any atom is -0.507 e. The number of likely N-dealkylation sites (N-methyl/N-ethyl adjacent to an activating group) is 1. The summed E-state index contributed by atoms with van der Waals surface area (Å²) in [6.07, 6.45) is 3.89.